The van der Waals surface area contributed by atoms with Crippen LogP contribution in [0.25, 0.3) is 0 Å². The number of unbranched alkanes of at least 4 members (excludes halogenated alkanes) is 2. The molecule has 2 aliphatic carbocycles. The number of nitrogens with zero attached hydrogens (tertiary/aromatic N) is 1. The lowest BCUT2D eigenvalue weighted by molar-refractivity contribution is -0.154. The minimum absolute atomic E-state index is 0.00656. The summed E-state index contributed by atoms with van der Waals surface area (Å²) < 4.78 is 5.95. The number of ketones is 1. The van der Waals surface area contributed by atoms with Crippen molar-refractivity contribution in [3.63, 3.8) is 0 Å². The minimum Gasteiger partial charge on any atom is -0.462 e. The molecule has 4 fully saturated rings. The van der Waals surface area contributed by atoms with Gasteiger partial charge in [-0.25, -0.2) is 0 Å². The Morgan fingerprint density at radius 2 is 1.56 bits per heavy atom. The Morgan fingerprint density at radius 1 is 0.878 bits per heavy atom. The highest BCUT2D eigenvalue weighted by molar-refractivity contribution is 8.80. The Kier molecular flexibility index (Phi) is 10.9. The Bertz CT molecular complexity index is 1010. The molecule has 5 unspecified atom stereocenters. The average Bonchev–Trinajstić information content (AvgIpc) is 3.72. The number of rotatable bonds is 11. The zero-order chi connectivity index (χ0) is 28.8. The van der Waals surface area contributed by atoms with Crippen LogP contribution < -0.4 is 10.6 Å². The fraction of sp³-hybridized carbons (Fsp3) is 0.767. The maximum absolute atomic E-state index is 13.6. The van der Waals surface area contributed by atoms with Crippen molar-refractivity contribution in [1.82, 2.24) is 15.5 Å². The van der Waals surface area contributed by atoms with Crippen LogP contribution in [-0.2, 0) is 28.7 Å². The van der Waals surface area contributed by atoms with Crippen molar-refractivity contribution < 1.29 is 28.7 Å². The molecule has 0 aromatic heterocycles. The molecule has 2 N–H and O–H groups in total. The van der Waals surface area contributed by atoms with Crippen LogP contribution in [-0.4, -0.2) is 76.2 Å². The summed E-state index contributed by atoms with van der Waals surface area (Å²) in [6, 6.07) is -0.376. The van der Waals surface area contributed by atoms with E-state index in [4.69, 9.17) is 4.74 Å². The number of fused-ring (bicyclic) bond motifs is 1. The fourth-order valence-electron chi connectivity index (χ4n) is 6.84. The second kappa shape index (κ2) is 14.6. The van der Waals surface area contributed by atoms with Gasteiger partial charge in [-0.2, -0.15) is 0 Å². The third-order valence-corrected chi connectivity index (χ3v) is 12.8. The molecule has 0 spiro atoms. The number of nitrogens with one attached hydrogen (secondary N) is 2. The number of ether oxygens (including phenoxy) is 1. The SMILES string of the molecule is O=C(CCCCCN1C(=O)C=CC1=O)NC1CC(C(=O)OC2CCCC2)CC2SSC2CC(C(=O)[C@@H]2CCCN2)C1. The van der Waals surface area contributed by atoms with Gasteiger partial charge in [0, 0.05) is 47.6 Å². The Labute approximate surface area is 250 Å². The molecule has 41 heavy (non-hydrogen) atoms. The van der Waals surface area contributed by atoms with Gasteiger partial charge in [-0.15, -0.1) is 0 Å². The number of amides is 3. The maximum atomic E-state index is 13.6. The summed E-state index contributed by atoms with van der Waals surface area (Å²) >= 11 is 0. The molecular formula is C30H43N3O6S2. The second-order valence-corrected chi connectivity index (χ2v) is 15.0. The quantitative estimate of drug-likeness (QED) is 0.157. The van der Waals surface area contributed by atoms with Crippen LogP contribution in [0.1, 0.15) is 89.9 Å². The lowest BCUT2D eigenvalue weighted by atomic mass is 9.85. The molecule has 0 bridgehead atoms. The fourth-order valence-corrected chi connectivity index (χ4v) is 9.85. The van der Waals surface area contributed by atoms with Crippen molar-refractivity contribution in [3.05, 3.63) is 12.2 Å². The minimum atomic E-state index is -0.288. The predicted molar refractivity (Wildman–Crippen MR) is 159 cm³/mol. The summed E-state index contributed by atoms with van der Waals surface area (Å²) in [5.41, 5.74) is 0. The summed E-state index contributed by atoms with van der Waals surface area (Å²) in [5.74, 6) is -0.966. The van der Waals surface area contributed by atoms with E-state index >= 15 is 0 Å². The molecule has 3 heterocycles. The Hall–Kier alpha value is -1.85. The zero-order valence-electron chi connectivity index (χ0n) is 23.7. The Morgan fingerprint density at radius 3 is 2.22 bits per heavy atom. The van der Waals surface area contributed by atoms with E-state index in [-0.39, 0.29) is 59.5 Å². The van der Waals surface area contributed by atoms with Crippen molar-refractivity contribution in [2.24, 2.45) is 11.8 Å². The van der Waals surface area contributed by atoms with Crippen LogP contribution in [0.3, 0.4) is 0 Å². The molecule has 0 aromatic rings. The molecule has 6 atom stereocenters. The molecule has 2 saturated heterocycles. The molecule has 226 valence electrons. The van der Waals surface area contributed by atoms with Crippen molar-refractivity contribution in [3.8, 4) is 0 Å². The number of carbonyl (C=O) groups is 5. The van der Waals surface area contributed by atoms with Gasteiger partial charge in [0.05, 0.1) is 12.0 Å². The third-order valence-electron chi connectivity index (χ3n) is 9.16. The van der Waals surface area contributed by atoms with E-state index in [1.54, 1.807) is 0 Å². The van der Waals surface area contributed by atoms with E-state index in [2.05, 4.69) is 10.6 Å². The van der Waals surface area contributed by atoms with Crippen LogP contribution in [0.5, 0.6) is 0 Å². The molecule has 5 aliphatic rings. The number of esters is 1. The molecule has 11 heteroatoms. The van der Waals surface area contributed by atoms with E-state index in [1.165, 1.54) is 17.1 Å². The third kappa shape index (κ3) is 8.16. The number of Topliss-reactive ketones (excluding diaryl/α,β-unsaturated/α-hetero) is 1. The van der Waals surface area contributed by atoms with Gasteiger partial charge in [0.1, 0.15) is 6.10 Å². The average molecular weight is 606 g/mol. The van der Waals surface area contributed by atoms with E-state index in [0.29, 0.717) is 49.1 Å². The molecule has 0 aromatic carbocycles. The maximum Gasteiger partial charge on any atom is 0.309 e. The van der Waals surface area contributed by atoms with Crippen molar-refractivity contribution in [1.29, 1.82) is 0 Å². The van der Waals surface area contributed by atoms with E-state index in [0.717, 1.165) is 64.3 Å². The zero-order valence-corrected chi connectivity index (χ0v) is 25.4. The van der Waals surface area contributed by atoms with Crippen molar-refractivity contribution >= 4 is 51.1 Å². The van der Waals surface area contributed by atoms with Crippen LogP contribution in [0.2, 0.25) is 0 Å². The van der Waals surface area contributed by atoms with Gasteiger partial charge >= 0.3 is 5.97 Å². The smallest absolute Gasteiger partial charge is 0.309 e. The largest absolute Gasteiger partial charge is 0.462 e. The van der Waals surface area contributed by atoms with E-state index < -0.39 is 0 Å². The van der Waals surface area contributed by atoms with Gasteiger partial charge in [0.15, 0.2) is 5.78 Å². The highest BCUT2D eigenvalue weighted by Crippen LogP contribution is 2.54. The van der Waals surface area contributed by atoms with Gasteiger partial charge in [-0.3, -0.25) is 28.9 Å². The molecule has 5 rings (SSSR count). The van der Waals surface area contributed by atoms with Gasteiger partial charge < -0.3 is 15.4 Å². The lowest BCUT2D eigenvalue weighted by Crippen LogP contribution is -2.43. The summed E-state index contributed by atoms with van der Waals surface area (Å²) in [7, 11) is 3.64. The number of hydrogen-bond donors (Lipinski definition) is 2. The molecular weight excluding hydrogens is 562 g/mol. The first-order chi connectivity index (χ1) is 19.9. The first kappa shape index (κ1) is 30.6. The monoisotopic (exact) mass is 605 g/mol. The van der Waals surface area contributed by atoms with E-state index in [1.807, 2.05) is 21.6 Å². The number of hydrogen-bond acceptors (Lipinski definition) is 9. The predicted octanol–water partition coefficient (Wildman–Crippen LogP) is 3.70. The standard InChI is InChI=1S/C30H43N3O6S2/c34-26(10-2-1-5-14-33-27(35)11-12-28(33)36)32-21-15-19(29(37)23-9-6-13-31-23)17-24-25(41-40-24)18-20(16-21)30(38)39-22-7-3-4-8-22/h11-12,19-25,31H,1-10,13-18H2,(H,32,34)/t19?,20?,21?,23-,24?,25?/m0/s1. The summed E-state index contributed by atoms with van der Waals surface area (Å²) in [6.07, 6.45) is 13.4. The number of imide groups is 1. The molecule has 0 radical (unpaired) electrons. The van der Waals surface area contributed by atoms with Crippen LogP contribution in [0, 0.1) is 11.8 Å². The Balaban J connectivity index is 1.19. The van der Waals surface area contributed by atoms with Gasteiger partial charge in [-0.05, 0) is 83.6 Å². The highest BCUT2D eigenvalue weighted by atomic mass is 33.1. The van der Waals surface area contributed by atoms with Crippen molar-refractivity contribution in [2.45, 2.75) is 119 Å². The van der Waals surface area contributed by atoms with Crippen molar-refractivity contribution in [2.75, 3.05) is 13.1 Å². The van der Waals surface area contributed by atoms with Gasteiger partial charge in [0.25, 0.3) is 11.8 Å². The topological polar surface area (TPSA) is 122 Å². The van der Waals surface area contributed by atoms with Gasteiger partial charge in [0.2, 0.25) is 5.91 Å². The van der Waals surface area contributed by atoms with Gasteiger partial charge in [-0.1, -0.05) is 28.0 Å². The molecule has 3 aliphatic heterocycles. The summed E-state index contributed by atoms with van der Waals surface area (Å²) in [6.45, 7) is 1.22. The van der Waals surface area contributed by atoms with E-state index in [9.17, 15) is 24.0 Å². The van der Waals surface area contributed by atoms with Crippen LogP contribution in [0.15, 0.2) is 12.2 Å². The molecule has 9 nitrogen and oxygen atoms in total. The van der Waals surface area contributed by atoms with Crippen LogP contribution in [0.4, 0.5) is 0 Å². The highest BCUT2D eigenvalue weighted by Gasteiger charge is 2.44. The first-order valence-corrected chi connectivity index (χ1v) is 17.8. The summed E-state index contributed by atoms with van der Waals surface area (Å²) in [4.78, 5) is 64.7. The lowest BCUT2D eigenvalue weighted by Gasteiger charge is -2.37. The second-order valence-electron chi connectivity index (χ2n) is 12.2. The van der Waals surface area contributed by atoms with Crippen LogP contribution >= 0.6 is 21.6 Å². The first-order valence-electron chi connectivity index (χ1n) is 15.5. The molecule has 2 saturated carbocycles. The molecule has 3 amide bonds. The normalized spacial score (nSPS) is 32.1. The number of carbonyl (C=O) groups excluding carboxylic acids is 5. The summed E-state index contributed by atoms with van der Waals surface area (Å²) in [5, 5.41) is 7.24.